The van der Waals surface area contributed by atoms with Gasteiger partial charge in [-0.15, -0.1) is 0 Å². The van der Waals surface area contributed by atoms with Crippen molar-refractivity contribution < 1.29 is 9.90 Å². The number of rotatable bonds is 5. The monoisotopic (exact) mass is 291 g/mol. The first-order chi connectivity index (χ1) is 9.88. The second-order valence-corrected chi connectivity index (χ2v) is 6.46. The van der Waals surface area contributed by atoms with E-state index in [1.165, 1.54) is 5.56 Å². The number of carboxylic acids is 1. The van der Waals surface area contributed by atoms with Crippen LogP contribution >= 0.6 is 0 Å². The zero-order chi connectivity index (χ0) is 15.5. The number of carbonyl (C=O) groups is 1. The highest BCUT2D eigenvalue weighted by molar-refractivity contribution is 5.73. The second-order valence-electron chi connectivity index (χ2n) is 6.46. The fourth-order valence-corrected chi connectivity index (χ4v) is 2.44. The Bertz CT molecular complexity index is 494. The molecule has 1 N–H and O–H groups in total. The number of anilines is 1. The first-order valence-electron chi connectivity index (χ1n) is 7.52. The van der Waals surface area contributed by atoms with Crippen LogP contribution in [0.1, 0.15) is 25.8 Å². The van der Waals surface area contributed by atoms with Crippen LogP contribution in [0.25, 0.3) is 0 Å². The van der Waals surface area contributed by atoms with Gasteiger partial charge in [0, 0.05) is 32.4 Å². The number of aromatic nitrogens is 1. The van der Waals surface area contributed by atoms with E-state index in [4.69, 9.17) is 5.11 Å². The maximum atomic E-state index is 11.1. The zero-order valence-electron chi connectivity index (χ0n) is 13.2. The molecule has 0 unspecified atom stereocenters. The minimum absolute atomic E-state index is 0.644. The van der Waals surface area contributed by atoms with Gasteiger partial charge in [0.15, 0.2) is 0 Å². The smallest absolute Gasteiger partial charge is 0.309 e. The van der Waals surface area contributed by atoms with Crippen LogP contribution in [0.4, 0.5) is 5.82 Å². The summed E-state index contributed by atoms with van der Waals surface area (Å²) in [6.07, 6.45) is 2.54. The van der Waals surface area contributed by atoms with Crippen LogP contribution in [0, 0.1) is 12.3 Å². The van der Waals surface area contributed by atoms with E-state index in [2.05, 4.69) is 27.8 Å². The molecule has 21 heavy (non-hydrogen) atoms. The third-order valence-corrected chi connectivity index (χ3v) is 4.23. The summed E-state index contributed by atoms with van der Waals surface area (Å²) in [6, 6.07) is 4.12. The van der Waals surface area contributed by atoms with Crippen LogP contribution < -0.4 is 4.90 Å². The molecule has 0 amide bonds. The van der Waals surface area contributed by atoms with Crippen molar-refractivity contribution in [3.8, 4) is 0 Å². The molecule has 1 aromatic heterocycles. The topological polar surface area (TPSA) is 56.7 Å². The molecule has 0 spiro atoms. The average molecular weight is 291 g/mol. The van der Waals surface area contributed by atoms with E-state index < -0.39 is 11.4 Å². The molecule has 2 heterocycles. The number of aryl methyl sites for hydroxylation is 1. The highest BCUT2D eigenvalue weighted by Crippen LogP contribution is 2.22. The molecule has 2 rings (SSSR count). The Kier molecular flexibility index (Phi) is 4.83. The summed E-state index contributed by atoms with van der Waals surface area (Å²) in [4.78, 5) is 20.2. The van der Waals surface area contributed by atoms with Crippen molar-refractivity contribution in [1.29, 1.82) is 0 Å². The Labute approximate surface area is 126 Å². The molecule has 1 aromatic rings. The lowest BCUT2D eigenvalue weighted by molar-refractivity contribution is -0.147. The number of piperazine rings is 1. The molecular formula is C16H25N3O2. The van der Waals surface area contributed by atoms with E-state index in [0.717, 1.165) is 38.5 Å². The average Bonchev–Trinajstić information content (AvgIpc) is 2.45. The van der Waals surface area contributed by atoms with Gasteiger partial charge in [0.2, 0.25) is 0 Å². The summed E-state index contributed by atoms with van der Waals surface area (Å²) in [7, 11) is 0. The predicted molar refractivity (Wildman–Crippen MR) is 83.7 cm³/mol. The number of hydrogen-bond acceptors (Lipinski definition) is 4. The summed E-state index contributed by atoms with van der Waals surface area (Å²) in [5.41, 5.74) is 0.584. The minimum atomic E-state index is -0.718. The number of aliphatic carboxylic acids is 1. The Balaban J connectivity index is 1.82. The van der Waals surface area contributed by atoms with Gasteiger partial charge in [0.25, 0.3) is 0 Å². The summed E-state index contributed by atoms with van der Waals surface area (Å²) in [6.45, 7) is 10.3. The lowest BCUT2D eigenvalue weighted by Gasteiger charge is -2.36. The summed E-state index contributed by atoms with van der Waals surface area (Å²) < 4.78 is 0. The lowest BCUT2D eigenvalue weighted by atomic mass is 9.89. The first kappa shape index (κ1) is 15.8. The molecule has 0 saturated carbocycles. The fraction of sp³-hybridized carbons (Fsp3) is 0.625. The van der Waals surface area contributed by atoms with Crippen LogP contribution in [0.2, 0.25) is 0 Å². The van der Waals surface area contributed by atoms with Crippen LogP contribution in [0.15, 0.2) is 18.3 Å². The summed E-state index contributed by atoms with van der Waals surface area (Å²) in [5, 5.41) is 9.15. The van der Waals surface area contributed by atoms with Crippen LogP contribution in [-0.2, 0) is 4.79 Å². The maximum Gasteiger partial charge on any atom is 0.309 e. The van der Waals surface area contributed by atoms with E-state index in [0.29, 0.717) is 6.42 Å². The number of nitrogens with zero attached hydrogens (tertiary/aromatic N) is 3. The van der Waals surface area contributed by atoms with E-state index in [1.807, 2.05) is 12.3 Å². The normalized spacial score (nSPS) is 17.0. The number of carboxylic acid groups (broad SMARTS) is 1. The molecule has 0 radical (unpaired) electrons. The third kappa shape index (κ3) is 4.17. The summed E-state index contributed by atoms with van der Waals surface area (Å²) >= 11 is 0. The molecule has 0 aromatic carbocycles. The third-order valence-electron chi connectivity index (χ3n) is 4.23. The Hall–Kier alpha value is -1.62. The van der Waals surface area contributed by atoms with E-state index in [9.17, 15) is 4.79 Å². The van der Waals surface area contributed by atoms with Gasteiger partial charge in [-0.1, -0.05) is 0 Å². The minimum Gasteiger partial charge on any atom is -0.481 e. The number of hydrogen-bond donors (Lipinski definition) is 1. The van der Waals surface area contributed by atoms with Gasteiger partial charge in [-0.25, -0.2) is 4.98 Å². The molecule has 0 aliphatic carbocycles. The van der Waals surface area contributed by atoms with Crippen molar-refractivity contribution in [2.24, 2.45) is 5.41 Å². The van der Waals surface area contributed by atoms with Gasteiger partial charge >= 0.3 is 5.97 Å². The highest BCUT2D eigenvalue weighted by atomic mass is 16.4. The standard InChI is InChI=1S/C16H25N3O2/c1-13-4-6-17-14(12-13)19-10-8-18(9-11-19)7-5-16(2,3)15(20)21/h4,6,12H,5,7-11H2,1-3H3,(H,20,21). The van der Waals surface area contributed by atoms with Crippen molar-refractivity contribution >= 4 is 11.8 Å². The van der Waals surface area contributed by atoms with Crippen LogP contribution in [0.5, 0.6) is 0 Å². The highest BCUT2D eigenvalue weighted by Gasteiger charge is 2.28. The Morgan fingerprint density at radius 3 is 2.57 bits per heavy atom. The quantitative estimate of drug-likeness (QED) is 0.899. The molecule has 1 saturated heterocycles. The molecule has 5 nitrogen and oxygen atoms in total. The van der Waals surface area contributed by atoms with Gasteiger partial charge in [0.1, 0.15) is 5.82 Å². The molecule has 0 bridgehead atoms. The molecule has 1 aliphatic heterocycles. The lowest BCUT2D eigenvalue weighted by Crippen LogP contribution is -2.47. The summed E-state index contributed by atoms with van der Waals surface area (Å²) in [5.74, 6) is 0.325. The largest absolute Gasteiger partial charge is 0.481 e. The van der Waals surface area contributed by atoms with Crippen LogP contribution in [-0.4, -0.2) is 53.7 Å². The van der Waals surface area contributed by atoms with Gasteiger partial charge in [0.05, 0.1) is 5.41 Å². The molecule has 116 valence electrons. The molecule has 1 aliphatic rings. The van der Waals surface area contributed by atoms with Gasteiger partial charge in [-0.3, -0.25) is 9.69 Å². The van der Waals surface area contributed by atoms with Crippen molar-refractivity contribution in [2.45, 2.75) is 27.2 Å². The van der Waals surface area contributed by atoms with Gasteiger partial charge in [-0.05, 0) is 51.4 Å². The maximum absolute atomic E-state index is 11.1. The predicted octanol–water partition coefficient (Wildman–Crippen LogP) is 2.01. The number of pyridine rings is 1. The van der Waals surface area contributed by atoms with Gasteiger partial charge in [-0.2, -0.15) is 0 Å². The van der Waals surface area contributed by atoms with E-state index in [1.54, 1.807) is 13.8 Å². The van der Waals surface area contributed by atoms with E-state index in [-0.39, 0.29) is 0 Å². The molecule has 1 fully saturated rings. The zero-order valence-corrected chi connectivity index (χ0v) is 13.2. The fourth-order valence-electron chi connectivity index (χ4n) is 2.44. The molecule has 5 heteroatoms. The van der Waals surface area contributed by atoms with Crippen molar-refractivity contribution in [2.75, 3.05) is 37.6 Å². The van der Waals surface area contributed by atoms with Gasteiger partial charge < -0.3 is 10.0 Å². The van der Waals surface area contributed by atoms with Crippen LogP contribution in [0.3, 0.4) is 0 Å². The van der Waals surface area contributed by atoms with Crippen molar-refractivity contribution in [3.63, 3.8) is 0 Å². The Morgan fingerprint density at radius 1 is 1.33 bits per heavy atom. The first-order valence-corrected chi connectivity index (χ1v) is 7.52. The Morgan fingerprint density at radius 2 is 2.00 bits per heavy atom. The van der Waals surface area contributed by atoms with E-state index >= 15 is 0 Å². The van der Waals surface area contributed by atoms with Crippen molar-refractivity contribution in [1.82, 2.24) is 9.88 Å². The SMILES string of the molecule is Cc1ccnc(N2CCN(CCC(C)(C)C(=O)O)CC2)c1. The van der Waals surface area contributed by atoms with Crippen molar-refractivity contribution in [3.05, 3.63) is 23.9 Å². The molecule has 0 atom stereocenters. The second kappa shape index (κ2) is 6.43. The molecular weight excluding hydrogens is 266 g/mol.